The number of alkyl halides is 2. The third kappa shape index (κ3) is 3.90. The van der Waals surface area contributed by atoms with Crippen molar-refractivity contribution in [3.8, 4) is 0 Å². The molecule has 1 aliphatic carbocycles. The highest BCUT2D eigenvalue weighted by molar-refractivity contribution is 8.07. The van der Waals surface area contributed by atoms with E-state index in [2.05, 4.69) is 35.2 Å². The Labute approximate surface area is 246 Å². The van der Waals surface area contributed by atoms with Crippen molar-refractivity contribution in [3.63, 3.8) is 0 Å². The first-order chi connectivity index (χ1) is 21.0. The third-order valence-corrected chi connectivity index (χ3v) is 9.42. The van der Waals surface area contributed by atoms with Gasteiger partial charge < -0.3 is 39.8 Å². The van der Waals surface area contributed by atoms with Crippen LogP contribution in [-0.4, -0.2) is 113 Å². The number of ether oxygens (including phenoxy) is 2. The number of aliphatic hydroxyl groups is 2. The highest BCUT2D eigenvalue weighted by atomic mass is 32.5. The molecule has 3 aliphatic rings. The van der Waals surface area contributed by atoms with Gasteiger partial charge in [-0.25, -0.2) is 33.1 Å². The minimum Gasteiger partial charge on any atom is -0.387 e. The fraction of sp³-hybridized carbons (Fsp3) is 0.476. The molecule has 19 nitrogen and oxygen atoms in total. The number of fused-ring (bicyclic) bond motifs is 4. The molecule has 0 amide bonds. The van der Waals surface area contributed by atoms with Crippen LogP contribution in [0.2, 0.25) is 0 Å². The molecule has 44 heavy (non-hydrogen) atoms. The molecule has 0 radical (unpaired) electrons. The maximum Gasteiger partial charge on any atom is 0.325 e. The fourth-order valence-electron chi connectivity index (χ4n) is 5.57. The van der Waals surface area contributed by atoms with Crippen LogP contribution < -0.4 is 11.3 Å². The molecule has 7 heterocycles. The number of rotatable bonds is 7. The molecule has 8 rings (SSSR count). The Morgan fingerprint density at radius 2 is 2.02 bits per heavy atom. The number of nitrogens with two attached hydrogens (primary N) is 1. The summed E-state index contributed by atoms with van der Waals surface area (Å²) in [5.41, 5.74) is 2.97. The molecule has 1 saturated carbocycles. The zero-order chi connectivity index (χ0) is 30.7. The number of anilines is 1. The van der Waals surface area contributed by atoms with Gasteiger partial charge >= 0.3 is 6.72 Å². The van der Waals surface area contributed by atoms with Gasteiger partial charge in [0.2, 0.25) is 5.78 Å². The summed E-state index contributed by atoms with van der Waals surface area (Å²) in [7, 11) is 0. The van der Waals surface area contributed by atoms with Gasteiger partial charge in [0.25, 0.3) is 5.56 Å². The highest BCUT2D eigenvalue weighted by Gasteiger charge is 2.80. The van der Waals surface area contributed by atoms with E-state index >= 15 is 8.78 Å². The molecule has 2 aliphatic heterocycles. The molecule has 5 aromatic rings. The van der Waals surface area contributed by atoms with Crippen molar-refractivity contribution in [2.75, 3.05) is 12.3 Å². The largest absolute Gasteiger partial charge is 0.387 e. The van der Waals surface area contributed by atoms with E-state index in [1.807, 2.05) is 0 Å². The lowest BCUT2D eigenvalue weighted by molar-refractivity contribution is -0.0799. The average Bonchev–Trinajstić information content (AvgIpc) is 3.68. The SMILES string of the molecule is Nc1ncnc2c1nnn2[C@@H]1O[C@H](COP(O)(=S)O[C@H]2[C@H](n3cnc4c(=O)n5ccnc5[nH]c43)O[C@@H]3C(O)[C@@]32F)[C@@H](O)[C@@H]1F. The minimum atomic E-state index is -4.39. The van der Waals surface area contributed by atoms with Crippen LogP contribution in [0.5, 0.6) is 0 Å². The quantitative estimate of drug-likeness (QED) is 0.124. The summed E-state index contributed by atoms with van der Waals surface area (Å²) in [6, 6.07) is 0. The minimum absolute atomic E-state index is 0.000846. The van der Waals surface area contributed by atoms with E-state index in [1.54, 1.807) is 0 Å². The Morgan fingerprint density at radius 3 is 2.84 bits per heavy atom. The van der Waals surface area contributed by atoms with Crippen molar-refractivity contribution in [3.05, 3.63) is 35.4 Å². The molecule has 10 atom stereocenters. The smallest absolute Gasteiger partial charge is 0.325 e. The fourth-order valence-corrected chi connectivity index (χ4v) is 6.98. The number of nitrogens with zero attached hydrogens (tertiary/aromatic N) is 9. The summed E-state index contributed by atoms with van der Waals surface area (Å²) in [6.07, 6.45) is -7.60. The average molecular weight is 655 g/mol. The lowest BCUT2D eigenvalue weighted by atomic mass is 10.1. The van der Waals surface area contributed by atoms with Crippen LogP contribution in [0.25, 0.3) is 28.1 Å². The van der Waals surface area contributed by atoms with Crippen LogP contribution in [0.1, 0.15) is 12.5 Å². The van der Waals surface area contributed by atoms with E-state index in [0.717, 1.165) is 11.0 Å². The molecule has 0 spiro atoms. The molecule has 0 bridgehead atoms. The number of halogens is 2. The van der Waals surface area contributed by atoms with Crippen molar-refractivity contribution in [2.24, 2.45) is 0 Å². The van der Waals surface area contributed by atoms with E-state index in [0.29, 0.717) is 0 Å². The summed E-state index contributed by atoms with van der Waals surface area (Å²) in [5.74, 6) is 0.172. The maximum atomic E-state index is 15.9. The first kappa shape index (κ1) is 27.9. The second-order valence-electron chi connectivity index (χ2n) is 10.4. The Kier molecular flexibility index (Phi) is 6.00. The van der Waals surface area contributed by atoms with Gasteiger partial charge in [-0.15, -0.1) is 5.10 Å². The number of hydrogen-bond acceptors (Lipinski definition) is 15. The van der Waals surface area contributed by atoms with Gasteiger partial charge in [-0.3, -0.25) is 13.9 Å². The summed E-state index contributed by atoms with van der Waals surface area (Å²) < 4.78 is 56.6. The predicted molar refractivity (Wildman–Crippen MR) is 143 cm³/mol. The van der Waals surface area contributed by atoms with Crippen molar-refractivity contribution in [1.82, 2.24) is 48.9 Å². The molecule has 0 aromatic carbocycles. The van der Waals surface area contributed by atoms with E-state index in [-0.39, 0.29) is 33.9 Å². The lowest BCUT2D eigenvalue weighted by Gasteiger charge is -2.29. The second kappa shape index (κ2) is 9.45. The number of aliphatic hydroxyl groups excluding tert-OH is 2. The van der Waals surface area contributed by atoms with Crippen LogP contribution in [0, 0.1) is 0 Å². The van der Waals surface area contributed by atoms with E-state index in [9.17, 15) is 19.9 Å². The Balaban J connectivity index is 1.02. The molecule has 23 heteroatoms. The number of nitrogen functional groups attached to an aromatic ring is 1. The second-order valence-corrected chi connectivity index (χ2v) is 13.2. The van der Waals surface area contributed by atoms with Crippen molar-refractivity contribution in [2.45, 2.75) is 54.8 Å². The molecule has 232 valence electrons. The zero-order valence-electron chi connectivity index (χ0n) is 21.7. The van der Waals surface area contributed by atoms with Crippen LogP contribution in [0.15, 0.2) is 29.8 Å². The summed E-state index contributed by atoms with van der Waals surface area (Å²) in [6.45, 7) is -5.07. The van der Waals surface area contributed by atoms with Gasteiger partial charge in [-0.1, -0.05) is 5.21 Å². The predicted octanol–water partition coefficient (Wildman–Crippen LogP) is -1.62. The first-order valence-corrected chi connectivity index (χ1v) is 15.5. The van der Waals surface area contributed by atoms with Gasteiger partial charge in [-0.05, 0) is 11.8 Å². The van der Waals surface area contributed by atoms with E-state index in [1.165, 1.54) is 27.7 Å². The van der Waals surface area contributed by atoms with Crippen LogP contribution in [-0.2, 0) is 30.3 Å². The Hall–Kier alpha value is -3.60. The molecule has 2 unspecified atom stereocenters. The first-order valence-electron chi connectivity index (χ1n) is 12.9. The highest BCUT2D eigenvalue weighted by Crippen LogP contribution is 2.62. The summed E-state index contributed by atoms with van der Waals surface area (Å²) in [5, 5.41) is 28.3. The summed E-state index contributed by atoms with van der Waals surface area (Å²) >= 11 is 5.11. The van der Waals surface area contributed by atoms with Crippen LogP contribution in [0.3, 0.4) is 0 Å². The Bertz CT molecular complexity index is 2060. The van der Waals surface area contributed by atoms with Gasteiger partial charge in [0, 0.05) is 12.4 Å². The molecular formula is C21H20F2N11O8PS. The number of aromatic amines is 1. The van der Waals surface area contributed by atoms with Gasteiger partial charge in [0.05, 0.1) is 12.9 Å². The van der Waals surface area contributed by atoms with Crippen molar-refractivity contribution < 1.29 is 42.4 Å². The monoisotopic (exact) mass is 655 g/mol. The van der Waals surface area contributed by atoms with Gasteiger partial charge in [0.1, 0.15) is 36.4 Å². The van der Waals surface area contributed by atoms with Gasteiger partial charge in [-0.2, -0.15) is 4.68 Å². The van der Waals surface area contributed by atoms with Crippen molar-refractivity contribution in [1.29, 1.82) is 0 Å². The molecule has 2 saturated heterocycles. The Morgan fingerprint density at radius 1 is 1.20 bits per heavy atom. The number of aromatic nitrogens is 10. The molecule has 6 N–H and O–H groups in total. The van der Waals surface area contributed by atoms with Gasteiger partial charge in [0.15, 0.2) is 52.9 Å². The standard InChI is InChI=1S/C21H20F2N11O8PS/c22-7-10(35)6(40-18(7)34-15-8(30-31-34)14(24)26-4-27-15)3-39-43(38,44)42-13-19(41-12-11(36)21(12,13)23)33-5-28-9-16(33)29-20-25-1-2-32(20)17(9)37/h1-2,4-7,10-13,18-19,35-36H,3H2,(H,25,29)(H,38,44)(H2,24,26,27)/t6-,7+,10-,11?,12-,13+,18-,19-,21-,43?/m1/s1. The summed E-state index contributed by atoms with van der Waals surface area (Å²) in [4.78, 5) is 42.5. The number of hydrogen-bond donors (Lipinski definition) is 5. The lowest BCUT2D eigenvalue weighted by Crippen LogP contribution is -2.36. The van der Waals surface area contributed by atoms with Crippen LogP contribution in [0.4, 0.5) is 14.6 Å². The molecule has 3 fully saturated rings. The number of imidazole rings is 2. The van der Waals surface area contributed by atoms with E-state index in [4.69, 9.17) is 36.1 Å². The van der Waals surface area contributed by atoms with Crippen LogP contribution >= 0.6 is 6.72 Å². The normalized spacial score (nSPS) is 34.7. The number of nitrogens with one attached hydrogen (secondary N) is 1. The maximum absolute atomic E-state index is 15.9. The molecule has 5 aromatic heterocycles. The topological polar surface area (TPSA) is 248 Å². The third-order valence-electron chi connectivity index (χ3n) is 7.88. The zero-order valence-corrected chi connectivity index (χ0v) is 23.4. The molecular weight excluding hydrogens is 635 g/mol. The van der Waals surface area contributed by atoms with Crippen molar-refractivity contribution >= 4 is 52.4 Å². The number of H-pyrrole nitrogens is 1. The van der Waals surface area contributed by atoms with E-state index < -0.39 is 73.7 Å².